The van der Waals surface area contributed by atoms with E-state index in [1.54, 1.807) is 23.1 Å². The molecule has 1 aromatic carbocycles. The van der Waals surface area contributed by atoms with Crippen molar-refractivity contribution in [3.63, 3.8) is 0 Å². The molecule has 0 unspecified atom stereocenters. The predicted octanol–water partition coefficient (Wildman–Crippen LogP) is 4.52. The standard InChI is InChI=1S/C16H14O2S2/c1-8(2)13(17)12-11-14(18)9-6-4-5-7-10(9)15(11)20-16(12)19-3/h4-8H,1-3H3. The Labute approximate surface area is 126 Å². The van der Waals surface area contributed by atoms with E-state index in [4.69, 9.17) is 0 Å². The summed E-state index contributed by atoms with van der Waals surface area (Å²) in [6, 6.07) is 7.60. The first-order chi connectivity index (χ1) is 9.56. The van der Waals surface area contributed by atoms with Crippen molar-refractivity contribution >= 4 is 34.7 Å². The number of fused-ring (bicyclic) bond motifs is 3. The number of Topliss-reactive ketones (excluding diaryl/α,β-unsaturated/α-hetero) is 1. The molecule has 2 nitrogen and oxygen atoms in total. The topological polar surface area (TPSA) is 34.1 Å². The number of thiophene rings is 1. The van der Waals surface area contributed by atoms with Crippen LogP contribution in [0.3, 0.4) is 0 Å². The van der Waals surface area contributed by atoms with Crippen LogP contribution in [0.1, 0.15) is 40.1 Å². The van der Waals surface area contributed by atoms with E-state index >= 15 is 0 Å². The third-order valence-electron chi connectivity index (χ3n) is 3.48. The predicted molar refractivity (Wildman–Crippen MR) is 84.1 cm³/mol. The molecule has 0 amide bonds. The van der Waals surface area contributed by atoms with Gasteiger partial charge in [0.05, 0.1) is 15.3 Å². The zero-order valence-corrected chi connectivity index (χ0v) is 13.2. The maximum absolute atomic E-state index is 12.6. The number of ketones is 2. The van der Waals surface area contributed by atoms with Crippen LogP contribution in [-0.2, 0) is 0 Å². The molecule has 0 saturated heterocycles. The highest BCUT2D eigenvalue weighted by Crippen LogP contribution is 2.48. The number of carbonyl (C=O) groups excluding carboxylic acids is 2. The van der Waals surface area contributed by atoms with E-state index in [2.05, 4.69) is 0 Å². The van der Waals surface area contributed by atoms with E-state index in [0.29, 0.717) is 11.1 Å². The van der Waals surface area contributed by atoms with Gasteiger partial charge < -0.3 is 0 Å². The Balaban J connectivity index is 2.29. The highest BCUT2D eigenvalue weighted by atomic mass is 32.2. The third kappa shape index (κ3) is 1.79. The van der Waals surface area contributed by atoms with Crippen LogP contribution in [0.4, 0.5) is 0 Å². The average Bonchev–Trinajstić information content (AvgIpc) is 2.95. The maximum atomic E-state index is 12.6. The average molecular weight is 302 g/mol. The van der Waals surface area contributed by atoms with E-state index in [9.17, 15) is 9.59 Å². The molecule has 0 bridgehead atoms. The second-order valence-electron chi connectivity index (χ2n) is 5.07. The first kappa shape index (κ1) is 13.6. The Morgan fingerprint density at radius 3 is 2.45 bits per heavy atom. The van der Waals surface area contributed by atoms with Crippen LogP contribution in [0, 0.1) is 5.92 Å². The van der Waals surface area contributed by atoms with Gasteiger partial charge in [-0.25, -0.2) is 0 Å². The Bertz CT molecular complexity index is 726. The number of rotatable bonds is 3. The molecule has 0 spiro atoms. The van der Waals surface area contributed by atoms with Gasteiger partial charge in [-0.2, -0.15) is 0 Å². The van der Waals surface area contributed by atoms with E-state index in [0.717, 1.165) is 20.2 Å². The monoisotopic (exact) mass is 302 g/mol. The van der Waals surface area contributed by atoms with Crippen molar-refractivity contribution in [1.82, 2.24) is 0 Å². The van der Waals surface area contributed by atoms with Crippen LogP contribution in [0.25, 0.3) is 10.4 Å². The molecular weight excluding hydrogens is 288 g/mol. The molecule has 1 aliphatic rings. The molecule has 0 saturated carbocycles. The molecule has 2 aromatic rings. The van der Waals surface area contributed by atoms with Crippen LogP contribution in [0.15, 0.2) is 28.5 Å². The van der Waals surface area contributed by atoms with Gasteiger partial charge in [0.25, 0.3) is 0 Å². The lowest BCUT2D eigenvalue weighted by Crippen LogP contribution is -2.12. The molecule has 0 atom stereocenters. The first-order valence-electron chi connectivity index (χ1n) is 6.45. The summed E-state index contributed by atoms with van der Waals surface area (Å²) in [5, 5.41) is 0. The zero-order valence-electron chi connectivity index (χ0n) is 11.5. The van der Waals surface area contributed by atoms with Crippen molar-refractivity contribution in [3.05, 3.63) is 41.0 Å². The number of benzene rings is 1. The number of hydrogen-bond acceptors (Lipinski definition) is 4. The minimum absolute atomic E-state index is 0.00356. The number of thioether (sulfide) groups is 1. The summed E-state index contributed by atoms with van der Waals surface area (Å²) >= 11 is 3.11. The fourth-order valence-corrected chi connectivity index (χ4v) is 4.55. The fraction of sp³-hybridized carbons (Fsp3) is 0.250. The molecule has 1 aliphatic carbocycles. The van der Waals surface area contributed by atoms with Gasteiger partial charge in [0.1, 0.15) is 0 Å². The van der Waals surface area contributed by atoms with Gasteiger partial charge in [0.2, 0.25) is 0 Å². The molecule has 1 aromatic heterocycles. The van der Waals surface area contributed by atoms with Crippen LogP contribution in [0.5, 0.6) is 0 Å². The van der Waals surface area contributed by atoms with Gasteiger partial charge in [0.15, 0.2) is 11.6 Å². The van der Waals surface area contributed by atoms with E-state index in [1.807, 2.05) is 44.4 Å². The minimum Gasteiger partial charge on any atom is -0.294 e. The van der Waals surface area contributed by atoms with Crippen molar-refractivity contribution < 1.29 is 9.59 Å². The van der Waals surface area contributed by atoms with Crippen LogP contribution >= 0.6 is 23.1 Å². The zero-order chi connectivity index (χ0) is 14.4. The summed E-state index contributed by atoms with van der Waals surface area (Å²) in [6.45, 7) is 3.76. The lowest BCUT2D eigenvalue weighted by Gasteiger charge is -2.06. The molecule has 0 radical (unpaired) electrons. The molecule has 20 heavy (non-hydrogen) atoms. The summed E-state index contributed by atoms with van der Waals surface area (Å²) in [6.07, 6.45) is 1.95. The molecule has 4 heteroatoms. The van der Waals surface area contributed by atoms with Gasteiger partial charge in [-0.05, 0) is 6.26 Å². The Morgan fingerprint density at radius 1 is 1.20 bits per heavy atom. The van der Waals surface area contributed by atoms with Gasteiger partial charge >= 0.3 is 0 Å². The normalized spacial score (nSPS) is 12.7. The van der Waals surface area contributed by atoms with E-state index in [-0.39, 0.29) is 17.5 Å². The van der Waals surface area contributed by atoms with E-state index in [1.165, 1.54) is 0 Å². The SMILES string of the molecule is CSc1sc2c(c1C(=O)C(C)C)C(=O)c1ccccc1-2. The lowest BCUT2D eigenvalue weighted by molar-refractivity contribution is 0.0928. The second-order valence-corrected chi connectivity index (χ2v) is 7.16. The van der Waals surface area contributed by atoms with Crippen molar-refractivity contribution in [2.75, 3.05) is 6.26 Å². The number of carbonyl (C=O) groups is 2. The molecule has 1 heterocycles. The van der Waals surface area contributed by atoms with Crippen molar-refractivity contribution in [2.24, 2.45) is 5.92 Å². The fourth-order valence-electron chi connectivity index (χ4n) is 2.49. The summed E-state index contributed by atoms with van der Waals surface area (Å²) in [7, 11) is 0. The van der Waals surface area contributed by atoms with Crippen LogP contribution in [-0.4, -0.2) is 17.8 Å². The first-order valence-corrected chi connectivity index (χ1v) is 8.49. The minimum atomic E-state index is -0.101. The largest absolute Gasteiger partial charge is 0.294 e. The summed E-state index contributed by atoms with van der Waals surface area (Å²) in [5.41, 5.74) is 2.95. The van der Waals surface area contributed by atoms with Gasteiger partial charge in [-0.15, -0.1) is 23.1 Å². The quantitative estimate of drug-likeness (QED) is 0.527. The van der Waals surface area contributed by atoms with Crippen LogP contribution < -0.4 is 0 Å². The molecule has 0 N–H and O–H groups in total. The Hall–Kier alpha value is -1.39. The smallest absolute Gasteiger partial charge is 0.195 e. The van der Waals surface area contributed by atoms with Gasteiger partial charge in [-0.3, -0.25) is 9.59 Å². The highest BCUT2D eigenvalue weighted by molar-refractivity contribution is 8.00. The lowest BCUT2D eigenvalue weighted by atomic mass is 9.98. The van der Waals surface area contributed by atoms with Crippen LogP contribution in [0.2, 0.25) is 0 Å². The summed E-state index contributed by atoms with van der Waals surface area (Å²) in [4.78, 5) is 26.1. The van der Waals surface area contributed by atoms with Gasteiger partial charge in [0, 0.05) is 21.9 Å². The van der Waals surface area contributed by atoms with E-state index < -0.39 is 0 Å². The Kier molecular flexibility index (Phi) is 3.30. The highest BCUT2D eigenvalue weighted by Gasteiger charge is 2.36. The summed E-state index contributed by atoms with van der Waals surface area (Å²) < 4.78 is 0.955. The maximum Gasteiger partial charge on any atom is 0.195 e. The second kappa shape index (κ2) is 4.86. The molecular formula is C16H14O2S2. The van der Waals surface area contributed by atoms with Crippen molar-refractivity contribution in [1.29, 1.82) is 0 Å². The third-order valence-corrected chi connectivity index (χ3v) is 5.82. The number of hydrogen-bond donors (Lipinski definition) is 0. The van der Waals surface area contributed by atoms with Crippen molar-refractivity contribution in [2.45, 2.75) is 18.1 Å². The van der Waals surface area contributed by atoms with Crippen molar-refractivity contribution in [3.8, 4) is 10.4 Å². The summed E-state index contributed by atoms with van der Waals surface area (Å²) in [5.74, 6) is -0.0414. The molecule has 3 rings (SSSR count). The molecule has 0 fully saturated rings. The Morgan fingerprint density at radius 2 is 1.85 bits per heavy atom. The molecule has 102 valence electrons. The van der Waals surface area contributed by atoms with Gasteiger partial charge in [-0.1, -0.05) is 38.1 Å². The molecule has 0 aliphatic heterocycles.